The fraction of sp³-hybridized carbons (Fsp3) is 0.364. The van der Waals surface area contributed by atoms with Crippen molar-refractivity contribution in [3.63, 3.8) is 0 Å². The highest BCUT2D eigenvalue weighted by Crippen LogP contribution is 2.17. The third-order valence-electron chi connectivity index (χ3n) is 1.84. The molecule has 2 nitrogen and oxygen atoms in total. The molecule has 0 saturated carbocycles. The number of halogens is 1. The molecule has 0 saturated heterocycles. The SMILES string of the molecule is COC(=O)CCSCc1cccc(Br)c1. The number of carbonyl (C=O) groups is 1. The zero-order valence-corrected chi connectivity index (χ0v) is 10.9. The Morgan fingerprint density at radius 1 is 1.53 bits per heavy atom. The summed E-state index contributed by atoms with van der Waals surface area (Å²) in [5, 5.41) is 0. The minimum atomic E-state index is -0.142. The highest BCUT2D eigenvalue weighted by atomic mass is 79.9. The summed E-state index contributed by atoms with van der Waals surface area (Å²) in [4.78, 5) is 10.8. The van der Waals surface area contributed by atoms with E-state index in [1.54, 1.807) is 11.8 Å². The van der Waals surface area contributed by atoms with Crippen molar-refractivity contribution >= 4 is 33.7 Å². The van der Waals surface area contributed by atoms with E-state index in [2.05, 4.69) is 32.8 Å². The zero-order valence-electron chi connectivity index (χ0n) is 8.53. The summed E-state index contributed by atoms with van der Waals surface area (Å²) in [5.41, 5.74) is 1.26. The van der Waals surface area contributed by atoms with E-state index in [1.165, 1.54) is 12.7 Å². The summed E-state index contributed by atoms with van der Waals surface area (Å²) in [7, 11) is 1.42. The largest absolute Gasteiger partial charge is 0.469 e. The molecule has 0 atom stereocenters. The molecule has 1 aromatic rings. The van der Waals surface area contributed by atoms with Crippen molar-refractivity contribution in [2.45, 2.75) is 12.2 Å². The second-order valence-electron chi connectivity index (χ2n) is 3.01. The fourth-order valence-corrected chi connectivity index (χ4v) is 2.39. The molecule has 0 aliphatic heterocycles. The number of esters is 1. The van der Waals surface area contributed by atoms with Crippen molar-refractivity contribution in [2.24, 2.45) is 0 Å². The smallest absolute Gasteiger partial charge is 0.306 e. The van der Waals surface area contributed by atoms with Gasteiger partial charge in [-0.3, -0.25) is 4.79 Å². The molecule has 1 rings (SSSR count). The van der Waals surface area contributed by atoms with Crippen LogP contribution in [0, 0.1) is 0 Å². The minimum absolute atomic E-state index is 0.142. The number of ether oxygens (including phenoxy) is 1. The molecular weight excluding hydrogens is 276 g/mol. The summed E-state index contributed by atoms with van der Waals surface area (Å²) >= 11 is 5.16. The van der Waals surface area contributed by atoms with Crippen LogP contribution in [0.2, 0.25) is 0 Å². The van der Waals surface area contributed by atoms with Crippen LogP contribution < -0.4 is 0 Å². The van der Waals surface area contributed by atoms with Gasteiger partial charge in [0.2, 0.25) is 0 Å². The maximum absolute atomic E-state index is 10.8. The lowest BCUT2D eigenvalue weighted by Gasteiger charge is -2.01. The first-order valence-electron chi connectivity index (χ1n) is 4.61. The normalized spacial score (nSPS) is 10.0. The second kappa shape index (κ2) is 6.90. The van der Waals surface area contributed by atoms with Gasteiger partial charge in [-0.1, -0.05) is 28.1 Å². The van der Waals surface area contributed by atoms with Crippen molar-refractivity contribution in [3.05, 3.63) is 34.3 Å². The highest BCUT2D eigenvalue weighted by Gasteiger charge is 2.00. The zero-order chi connectivity index (χ0) is 11.1. The van der Waals surface area contributed by atoms with Gasteiger partial charge in [-0.25, -0.2) is 0 Å². The highest BCUT2D eigenvalue weighted by molar-refractivity contribution is 9.10. The molecule has 0 spiro atoms. The lowest BCUT2D eigenvalue weighted by Crippen LogP contribution is -2.01. The Hall–Kier alpha value is -0.480. The molecule has 4 heteroatoms. The molecule has 0 amide bonds. The van der Waals surface area contributed by atoms with E-state index in [9.17, 15) is 4.79 Å². The van der Waals surface area contributed by atoms with Crippen molar-refractivity contribution in [3.8, 4) is 0 Å². The van der Waals surface area contributed by atoms with Crippen LogP contribution in [-0.2, 0) is 15.3 Å². The van der Waals surface area contributed by atoms with E-state index < -0.39 is 0 Å². The molecule has 0 unspecified atom stereocenters. The maximum atomic E-state index is 10.8. The van der Waals surface area contributed by atoms with Gasteiger partial charge in [0.25, 0.3) is 0 Å². The molecule has 82 valence electrons. The topological polar surface area (TPSA) is 26.3 Å². The molecule has 0 aromatic heterocycles. The van der Waals surface area contributed by atoms with Crippen LogP contribution in [0.1, 0.15) is 12.0 Å². The van der Waals surface area contributed by atoms with Gasteiger partial charge in [0.1, 0.15) is 0 Å². The molecule has 0 N–H and O–H groups in total. The molecule has 0 aliphatic carbocycles. The monoisotopic (exact) mass is 288 g/mol. The van der Waals surface area contributed by atoms with Crippen LogP contribution >= 0.6 is 27.7 Å². The molecule has 15 heavy (non-hydrogen) atoms. The van der Waals surface area contributed by atoms with Gasteiger partial charge in [0, 0.05) is 16.0 Å². The van der Waals surface area contributed by atoms with Crippen LogP contribution in [0.25, 0.3) is 0 Å². The fourth-order valence-electron chi connectivity index (χ4n) is 1.07. The first-order valence-corrected chi connectivity index (χ1v) is 6.56. The van der Waals surface area contributed by atoms with E-state index in [0.717, 1.165) is 16.0 Å². The van der Waals surface area contributed by atoms with Gasteiger partial charge in [0.15, 0.2) is 0 Å². The van der Waals surface area contributed by atoms with Crippen molar-refractivity contribution in [1.29, 1.82) is 0 Å². The number of thioether (sulfide) groups is 1. The van der Waals surface area contributed by atoms with Gasteiger partial charge < -0.3 is 4.74 Å². The van der Waals surface area contributed by atoms with Crippen molar-refractivity contribution < 1.29 is 9.53 Å². The molecule has 0 heterocycles. The number of rotatable bonds is 5. The second-order valence-corrected chi connectivity index (χ2v) is 5.03. The van der Waals surface area contributed by atoms with Crippen LogP contribution in [-0.4, -0.2) is 18.8 Å². The van der Waals surface area contributed by atoms with Crippen LogP contribution in [0.3, 0.4) is 0 Å². The van der Waals surface area contributed by atoms with Gasteiger partial charge >= 0.3 is 5.97 Å². The Bertz CT molecular complexity index is 328. The van der Waals surface area contributed by atoms with E-state index in [4.69, 9.17) is 0 Å². The number of benzene rings is 1. The predicted octanol–water partition coefficient (Wildman–Crippen LogP) is 3.25. The average Bonchev–Trinajstić information content (AvgIpc) is 2.24. The van der Waals surface area contributed by atoms with E-state index in [-0.39, 0.29) is 5.97 Å². The summed E-state index contributed by atoms with van der Waals surface area (Å²) in [6, 6.07) is 8.18. The Labute approximate surface area is 103 Å². The molecule has 0 fully saturated rings. The standard InChI is InChI=1S/C11H13BrO2S/c1-14-11(13)5-6-15-8-9-3-2-4-10(12)7-9/h2-4,7H,5-6,8H2,1H3. The lowest BCUT2D eigenvalue weighted by atomic mass is 10.2. The number of methoxy groups -OCH3 is 1. The first-order chi connectivity index (χ1) is 7.22. The lowest BCUT2D eigenvalue weighted by molar-refractivity contribution is -0.140. The Kier molecular flexibility index (Phi) is 5.79. The maximum Gasteiger partial charge on any atom is 0.306 e. The number of hydrogen-bond donors (Lipinski definition) is 0. The third kappa shape index (κ3) is 5.23. The number of carbonyl (C=O) groups excluding carboxylic acids is 1. The van der Waals surface area contributed by atoms with Gasteiger partial charge in [-0.15, -0.1) is 0 Å². The van der Waals surface area contributed by atoms with Crippen LogP contribution in [0.4, 0.5) is 0 Å². The van der Waals surface area contributed by atoms with Crippen LogP contribution in [0.5, 0.6) is 0 Å². The van der Waals surface area contributed by atoms with Gasteiger partial charge in [0.05, 0.1) is 13.5 Å². The quantitative estimate of drug-likeness (QED) is 0.615. The molecule has 0 radical (unpaired) electrons. The van der Waals surface area contributed by atoms with E-state index in [0.29, 0.717) is 6.42 Å². The van der Waals surface area contributed by atoms with E-state index in [1.807, 2.05) is 12.1 Å². The van der Waals surface area contributed by atoms with Crippen molar-refractivity contribution in [2.75, 3.05) is 12.9 Å². The third-order valence-corrected chi connectivity index (χ3v) is 3.36. The summed E-state index contributed by atoms with van der Waals surface area (Å²) in [6.07, 6.45) is 0.481. The summed E-state index contributed by atoms with van der Waals surface area (Å²) in [5.74, 6) is 1.59. The molecule has 0 aliphatic rings. The Morgan fingerprint density at radius 2 is 2.33 bits per heavy atom. The van der Waals surface area contributed by atoms with Crippen molar-refractivity contribution in [1.82, 2.24) is 0 Å². The summed E-state index contributed by atoms with van der Waals surface area (Å²) < 4.78 is 5.65. The first kappa shape index (κ1) is 12.6. The molecular formula is C11H13BrO2S. The molecule has 1 aromatic carbocycles. The number of hydrogen-bond acceptors (Lipinski definition) is 3. The predicted molar refractivity (Wildman–Crippen MR) is 66.9 cm³/mol. The van der Waals surface area contributed by atoms with Gasteiger partial charge in [-0.2, -0.15) is 11.8 Å². The average molecular weight is 289 g/mol. The van der Waals surface area contributed by atoms with E-state index >= 15 is 0 Å². The minimum Gasteiger partial charge on any atom is -0.469 e. The molecule has 0 bridgehead atoms. The Balaban J connectivity index is 2.23. The Morgan fingerprint density at radius 3 is 3.00 bits per heavy atom. The summed E-state index contributed by atoms with van der Waals surface area (Å²) in [6.45, 7) is 0. The van der Waals surface area contributed by atoms with Gasteiger partial charge in [-0.05, 0) is 17.7 Å². The van der Waals surface area contributed by atoms with Crippen LogP contribution in [0.15, 0.2) is 28.7 Å².